The first-order chi connectivity index (χ1) is 11.3. The zero-order valence-electron chi connectivity index (χ0n) is 13.2. The standard InChI is InChI=1S/C17H20N6/c1-23-7-3-4-12(10-23)22-16-8-15(20-11-21-16)14-9-19-17-13(14)5-2-6-18-17/h2,5-6,8-9,11-12H,3-4,7,10H2,1H3,(H,18,19)(H,20,21,22). The summed E-state index contributed by atoms with van der Waals surface area (Å²) in [4.78, 5) is 18.7. The van der Waals surface area contributed by atoms with E-state index >= 15 is 0 Å². The van der Waals surface area contributed by atoms with Gasteiger partial charge in [0, 0.05) is 42.0 Å². The van der Waals surface area contributed by atoms with Crippen molar-refractivity contribution in [3.8, 4) is 11.3 Å². The highest BCUT2D eigenvalue weighted by molar-refractivity contribution is 5.92. The Morgan fingerprint density at radius 1 is 1.30 bits per heavy atom. The number of aromatic amines is 1. The minimum Gasteiger partial charge on any atom is -0.366 e. The number of nitrogens with one attached hydrogen (secondary N) is 2. The van der Waals surface area contributed by atoms with Crippen molar-refractivity contribution in [3.63, 3.8) is 0 Å². The van der Waals surface area contributed by atoms with Crippen LogP contribution in [0.5, 0.6) is 0 Å². The highest BCUT2D eigenvalue weighted by Gasteiger charge is 2.17. The van der Waals surface area contributed by atoms with Gasteiger partial charge in [0.15, 0.2) is 0 Å². The van der Waals surface area contributed by atoms with Crippen molar-refractivity contribution in [1.29, 1.82) is 0 Å². The van der Waals surface area contributed by atoms with E-state index in [9.17, 15) is 0 Å². The van der Waals surface area contributed by atoms with E-state index in [1.165, 1.54) is 19.4 Å². The fraction of sp³-hybridized carbons (Fsp3) is 0.353. The van der Waals surface area contributed by atoms with Crippen molar-refractivity contribution in [2.75, 3.05) is 25.5 Å². The number of aromatic nitrogens is 4. The predicted molar refractivity (Wildman–Crippen MR) is 91.3 cm³/mol. The second-order valence-corrected chi connectivity index (χ2v) is 6.14. The number of anilines is 1. The van der Waals surface area contributed by atoms with Gasteiger partial charge in [-0.2, -0.15) is 0 Å². The Morgan fingerprint density at radius 2 is 2.26 bits per heavy atom. The molecule has 0 bridgehead atoms. The summed E-state index contributed by atoms with van der Waals surface area (Å²) in [6.07, 6.45) is 7.77. The largest absolute Gasteiger partial charge is 0.366 e. The number of nitrogens with zero attached hydrogens (tertiary/aromatic N) is 4. The third-order valence-electron chi connectivity index (χ3n) is 4.37. The normalized spacial score (nSPS) is 19.1. The number of likely N-dealkylation sites (tertiary alicyclic amines) is 1. The summed E-state index contributed by atoms with van der Waals surface area (Å²) in [6, 6.07) is 6.46. The van der Waals surface area contributed by atoms with Crippen LogP contribution in [0.1, 0.15) is 12.8 Å². The quantitative estimate of drug-likeness (QED) is 0.778. The van der Waals surface area contributed by atoms with Gasteiger partial charge in [-0.3, -0.25) is 0 Å². The third kappa shape index (κ3) is 2.90. The van der Waals surface area contributed by atoms with Crippen LogP contribution in [0, 0.1) is 0 Å². The van der Waals surface area contributed by atoms with Crippen molar-refractivity contribution >= 4 is 16.9 Å². The van der Waals surface area contributed by atoms with Crippen molar-refractivity contribution in [3.05, 3.63) is 36.9 Å². The molecule has 23 heavy (non-hydrogen) atoms. The Kier molecular flexibility index (Phi) is 3.67. The number of hydrogen-bond acceptors (Lipinski definition) is 5. The molecule has 1 atom stereocenters. The Labute approximate surface area is 135 Å². The first-order valence-corrected chi connectivity index (χ1v) is 7.99. The second kappa shape index (κ2) is 5.96. The topological polar surface area (TPSA) is 69.7 Å². The molecule has 4 rings (SSSR count). The Hall–Kier alpha value is -2.47. The maximum atomic E-state index is 4.43. The van der Waals surface area contributed by atoms with Gasteiger partial charge >= 0.3 is 0 Å². The van der Waals surface area contributed by atoms with Crippen LogP contribution >= 0.6 is 0 Å². The van der Waals surface area contributed by atoms with Crippen LogP contribution in [0.4, 0.5) is 5.82 Å². The molecule has 1 aliphatic rings. The van der Waals surface area contributed by atoms with E-state index in [0.29, 0.717) is 6.04 Å². The molecule has 1 unspecified atom stereocenters. The number of fused-ring (bicyclic) bond motifs is 1. The van der Waals surface area contributed by atoms with Gasteiger partial charge in [0.1, 0.15) is 17.8 Å². The first kappa shape index (κ1) is 14.1. The summed E-state index contributed by atoms with van der Waals surface area (Å²) in [7, 11) is 2.16. The zero-order chi connectivity index (χ0) is 15.6. The summed E-state index contributed by atoms with van der Waals surface area (Å²) >= 11 is 0. The molecule has 118 valence electrons. The van der Waals surface area contributed by atoms with Gasteiger partial charge < -0.3 is 15.2 Å². The van der Waals surface area contributed by atoms with Crippen molar-refractivity contribution < 1.29 is 0 Å². The molecule has 2 N–H and O–H groups in total. The predicted octanol–water partition coefficient (Wildman–Crippen LogP) is 2.53. The van der Waals surface area contributed by atoms with Crippen molar-refractivity contribution in [1.82, 2.24) is 24.8 Å². The minimum atomic E-state index is 0.445. The molecule has 0 saturated carbocycles. The van der Waals surface area contributed by atoms with Gasteiger partial charge in [0.2, 0.25) is 0 Å². The van der Waals surface area contributed by atoms with E-state index < -0.39 is 0 Å². The molecular weight excluding hydrogens is 288 g/mol. The first-order valence-electron chi connectivity index (χ1n) is 7.99. The lowest BCUT2D eigenvalue weighted by Gasteiger charge is -2.30. The van der Waals surface area contributed by atoms with Crippen molar-refractivity contribution in [2.24, 2.45) is 0 Å². The molecule has 3 aromatic rings. The fourth-order valence-corrected chi connectivity index (χ4v) is 3.24. The molecule has 0 aliphatic carbocycles. The molecule has 3 aromatic heterocycles. The van der Waals surface area contributed by atoms with Crippen LogP contribution in [0.25, 0.3) is 22.3 Å². The number of H-pyrrole nitrogens is 1. The van der Waals surface area contributed by atoms with Crippen LogP contribution in [0.3, 0.4) is 0 Å². The van der Waals surface area contributed by atoms with Crippen LogP contribution in [-0.2, 0) is 0 Å². The van der Waals surface area contributed by atoms with Crippen molar-refractivity contribution in [2.45, 2.75) is 18.9 Å². The summed E-state index contributed by atoms with van der Waals surface area (Å²) in [5, 5.41) is 4.62. The smallest absolute Gasteiger partial charge is 0.137 e. The number of hydrogen-bond donors (Lipinski definition) is 2. The molecule has 1 saturated heterocycles. The average molecular weight is 308 g/mol. The van der Waals surface area contributed by atoms with E-state index in [-0.39, 0.29) is 0 Å². The lowest BCUT2D eigenvalue weighted by Crippen LogP contribution is -2.39. The number of piperidine rings is 1. The van der Waals surface area contributed by atoms with Crippen LogP contribution < -0.4 is 5.32 Å². The molecule has 0 radical (unpaired) electrons. The van der Waals surface area contributed by atoms with E-state index in [1.54, 1.807) is 12.5 Å². The lowest BCUT2D eigenvalue weighted by atomic mass is 10.1. The monoisotopic (exact) mass is 308 g/mol. The molecule has 6 nitrogen and oxygen atoms in total. The van der Waals surface area contributed by atoms with Gasteiger partial charge in [0.25, 0.3) is 0 Å². The molecule has 0 aromatic carbocycles. The number of pyridine rings is 1. The Bertz CT molecular complexity index is 811. The van der Waals surface area contributed by atoms with Crippen LogP contribution in [-0.4, -0.2) is 51.0 Å². The van der Waals surface area contributed by atoms with E-state index in [1.807, 2.05) is 18.3 Å². The van der Waals surface area contributed by atoms with Gasteiger partial charge in [-0.15, -0.1) is 0 Å². The van der Waals surface area contributed by atoms with Gasteiger partial charge in [-0.05, 0) is 38.6 Å². The molecule has 0 spiro atoms. The Balaban J connectivity index is 1.61. The molecule has 1 fully saturated rings. The summed E-state index contributed by atoms with van der Waals surface area (Å²) in [5.41, 5.74) is 2.84. The maximum absolute atomic E-state index is 4.43. The summed E-state index contributed by atoms with van der Waals surface area (Å²) < 4.78 is 0. The molecule has 0 amide bonds. The molecule has 6 heteroatoms. The van der Waals surface area contributed by atoms with Gasteiger partial charge in [-0.1, -0.05) is 0 Å². The summed E-state index contributed by atoms with van der Waals surface area (Å²) in [5.74, 6) is 0.883. The second-order valence-electron chi connectivity index (χ2n) is 6.14. The third-order valence-corrected chi connectivity index (χ3v) is 4.37. The van der Waals surface area contributed by atoms with Crippen LogP contribution in [0.15, 0.2) is 36.9 Å². The minimum absolute atomic E-state index is 0.445. The molecule has 4 heterocycles. The number of likely N-dealkylation sites (N-methyl/N-ethyl adjacent to an activating group) is 1. The number of rotatable bonds is 3. The van der Waals surface area contributed by atoms with Gasteiger partial charge in [-0.25, -0.2) is 15.0 Å². The highest BCUT2D eigenvalue weighted by Crippen LogP contribution is 2.27. The maximum Gasteiger partial charge on any atom is 0.137 e. The van der Waals surface area contributed by atoms with Gasteiger partial charge in [0.05, 0.1) is 5.69 Å². The van der Waals surface area contributed by atoms with E-state index in [4.69, 9.17) is 0 Å². The Morgan fingerprint density at radius 3 is 3.17 bits per heavy atom. The molecular formula is C17H20N6. The summed E-state index contributed by atoms with van der Waals surface area (Å²) in [6.45, 7) is 2.23. The van der Waals surface area contributed by atoms with E-state index in [2.05, 4.69) is 43.3 Å². The fourth-order valence-electron chi connectivity index (χ4n) is 3.24. The van der Waals surface area contributed by atoms with E-state index in [0.717, 1.165) is 34.7 Å². The lowest BCUT2D eigenvalue weighted by molar-refractivity contribution is 0.261. The van der Waals surface area contributed by atoms with Crippen LogP contribution in [0.2, 0.25) is 0 Å². The SMILES string of the molecule is CN1CCCC(Nc2cc(-c3c[nH]c4ncccc34)ncn2)C1. The average Bonchev–Trinajstić information content (AvgIpc) is 2.99. The molecule has 1 aliphatic heterocycles. The zero-order valence-corrected chi connectivity index (χ0v) is 13.2. The highest BCUT2D eigenvalue weighted by atomic mass is 15.2.